The zero-order valence-corrected chi connectivity index (χ0v) is 14.3. The number of nitrogens with one attached hydrogen (secondary N) is 2. The summed E-state index contributed by atoms with van der Waals surface area (Å²) in [5.41, 5.74) is 0.363. The average molecular weight is 363 g/mol. The summed E-state index contributed by atoms with van der Waals surface area (Å²) < 4.78 is 35.0. The van der Waals surface area contributed by atoms with Gasteiger partial charge in [0.05, 0.1) is 10.6 Å². The molecule has 9 nitrogen and oxygen atoms in total. The smallest absolute Gasteiger partial charge is 0.262 e. The van der Waals surface area contributed by atoms with E-state index in [1.807, 2.05) is 11.5 Å². The van der Waals surface area contributed by atoms with Crippen LogP contribution >= 0.6 is 0 Å². The number of benzene rings is 1. The molecule has 0 saturated carbocycles. The predicted molar refractivity (Wildman–Crippen MR) is 87.7 cm³/mol. The van der Waals surface area contributed by atoms with Gasteiger partial charge in [0, 0.05) is 19.5 Å². The summed E-state index contributed by atoms with van der Waals surface area (Å²) in [5.74, 6) is 2.02. The first kappa shape index (κ1) is 16.0. The largest absolute Gasteiger partial charge is 0.482 e. The van der Waals surface area contributed by atoms with Crippen molar-refractivity contribution in [2.45, 2.75) is 24.8 Å². The van der Waals surface area contributed by atoms with Crippen molar-refractivity contribution in [3.05, 3.63) is 29.8 Å². The van der Waals surface area contributed by atoms with E-state index in [4.69, 9.17) is 4.74 Å². The quantitative estimate of drug-likeness (QED) is 0.794. The van der Waals surface area contributed by atoms with Crippen molar-refractivity contribution in [2.24, 2.45) is 5.92 Å². The molecule has 0 spiro atoms. The van der Waals surface area contributed by atoms with Crippen LogP contribution in [0.4, 0.5) is 5.69 Å². The number of carbonyl (C=O) groups excluding carboxylic acids is 1. The Kier molecular flexibility index (Phi) is 3.73. The normalized spacial score (nSPS) is 19.1. The molecule has 132 valence electrons. The lowest BCUT2D eigenvalue weighted by molar-refractivity contribution is -0.118. The zero-order chi connectivity index (χ0) is 17.6. The van der Waals surface area contributed by atoms with Gasteiger partial charge in [-0.1, -0.05) is 0 Å². The molecule has 0 saturated heterocycles. The predicted octanol–water partition coefficient (Wildman–Crippen LogP) is 0.0682. The first-order valence-corrected chi connectivity index (χ1v) is 9.36. The van der Waals surface area contributed by atoms with Crippen molar-refractivity contribution in [1.82, 2.24) is 19.5 Å². The van der Waals surface area contributed by atoms with Crippen LogP contribution < -0.4 is 14.8 Å². The number of carbonyl (C=O) groups is 1. The van der Waals surface area contributed by atoms with Crippen molar-refractivity contribution in [3.63, 3.8) is 0 Å². The molecule has 2 aliphatic rings. The van der Waals surface area contributed by atoms with Gasteiger partial charge >= 0.3 is 0 Å². The molecule has 2 aliphatic heterocycles. The highest BCUT2D eigenvalue weighted by molar-refractivity contribution is 7.89. The minimum Gasteiger partial charge on any atom is -0.482 e. The fourth-order valence-electron chi connectivity index (χ4n) is 3.07. The van der Waals surface area contributed by atoms with E-state index < -0.39 is 10.0 Å². The molecule has 3 heterocycles. The van der Waals surface area contributed by atoms with Gasteiger partial charge in [-0.25, -0.2) is 13.1 Å². The van der Waals surface area contributed by atoms with Gasteiger partial charge in [-0.3, -0.25) is 4.79 Å². The molecule has 2 N–H and O–H groups in total. The Morgan fingerprint density at radius 2 is 2.24 bits per heavy atom. The van der Waals surface area contributed by atoms with E-state index in [1.54, 1.807) is 6.07 Å². The topological polar surface area (TPSA) is 115 Å². The highest BCUT2D eigenvalue weighted by atomic mass is 32.2. The Morgan fingerprint density at radius 3 is 3.04 bits per heavy atom. The maximum absolute atomic E-state index is 12.5. The summed E-state index contributed by atoms with van der Waals surface area (Å²) in [5, 5.41) is 10.7. The number of sulfonamides is 1. The summed E-state index contributed by atoms with van der Waals surface area (Å²) in [6, 6.07) is 4.42. The molecule has 10 heteroatoms. The van der Waals surface area contributed by atoms with Gasteiger partial charge in [0.15, 0.2) is 6.61 Å². The Balaban J connectivity index is 1.46. The van der Waals surface area contributed by atoms with Crippen LogP contribution in [0.3, 0.4) is 0 Å². The van der Waals surface area contributed by atoms with Gasteiger partial charge in [-0.05, 0) is 31.0 Å². The van der Waals surface area contributed by atoms with Gasteiger partial charge in [0.2, 0.25) is 10.0 Å². The Labute approximate surface area is 144 Å². The number of amides is 1. The summed E-state index contributed by atoms with van der Waals surface area (Å²) in [6.45, 7) is 2.82. The number of fused-ring (bicyclic) bond motifs is 2. The van der Waals surface area contributed by atoms with E-state index in [9.17, 15) is 13.2 Å². The minimum absolute atomic E-state index is 0.0673. The van der Waals surface area contributed by atoms with Crippen molar-refractivity contribution >= 4 is 21.6 Å². The van der Waals surface area contributed by atoms with E-state index in [0.29, 0.717) is 30.9 Å². The molecule has 1 aromatic heterocycles. The molecule has 25 heavy (non-hydrogen) atoms. The van der Waals surface area contributed by atoms with E-state index in [-0.39, 0.29) is 23.3 Å². The third-order valence-electron chi connectivity index (χ3n) is 4.38. The number of aromatic nitrogens is 3. The SMILES string of the molecule is Cc1nnc2n1CC(CNS(=O)(=O)c1ccc3c(c1)NC(=O)CO3)C2. The van der Waals surface area contributed by atoms with Crippen molar-refractivity contribution < 1.29 is 17.9 Å². The Morgan fingerprint density at radius 1 is 1.40 bits per heavy atom. The van der Waals surface area contributed by atoms with Crippen LogP contribution in [0.2, 0.25) is 0 Å². The summed E-state index contributed by atoms with van der Waals surface area (Å²) in [7, 11) is -3.68. The number of hydrogen-bond donors (Lipinski definition) is 2. The van der Waals surface area contributed by atoms with Crippen LogP contribution in [0.5, 0.6) is 5.75 Å². The molecule has 1 atom stereocenters. The van der Waals surface area contributed by atoms with Gasteiger partial charge < -0.3 is 14.6 Å². The maximum Gasteiger partial charge on any atom is 0.262 e. The molecule has 0 fully saturated rings. The lowest BCUT2D eigenvalue weighted by atomic mass is 10.1. The highest BCUT2D eigenvalue weighted by Gasteiger charge is 2.27. The molecule has 0 bridgehead atoms. The van der Waals surface area contributed by atoms with E-state index in [0.717, 1.165) is 11.6 Å². The Bertz CT molecular complexity index is 953. The van der Waals surface area contributed by atoms with Crippen LogP contribution in [0.25, 0.3) is 0 Å². The summed E-state index contributed by atoms with van der Waals surface area (Å²) >= 11 is 0. The molecule has 0 radical (unpaired) electrons. The lowest BCUT2D eigenvalue weighted by Crippen LogP contribution is -2.31. The first-order valence-electron chi connectivity index (χ1n) is 7.87. The highest BCUT2D eigenvalue weighted by Crippen LogP contribution is 2.30. The molecule has 2 aromatic rings. The first-order chi connectivity index (χ1) is 11.9. The number of rotatable bonds is 4. The van der Waals surface area contributed by atoms with Crippen molar-refractivity contribution in [1.29, 1.82) is 0 Å². The van der Waals surface area contributed by atoms with Gasteiger partial charge in [0.1, 0.15) is 17.4 Å². The molecule has 4 rings (SSSR count). The fourth-order valence-corrected chi connectivity index (χ4v) is 4.21. The monoisotopic (exact) mass is 363 g/mol. The van der Waals surface area contributed by atoms with Crippen LogP contribution in [0.15, 0.2) is 23.1 Å². The number of hydrogen-bond acceptors (Lipinski definition) is 6. The van der Waals surface area contributed by atoms with Crippen LogP contribution in [0, 0.1) is 12.8 Å². The number of ether oxygens (including phenoxy) is 1. The van der Waals surface area contributed by atoms with Gasteiger partial charge in [-0.15, -0.1) is 10.2 Å². The third kappa shape index (κ3) is 2.98. The van der Waals surface area contributed by atoms with E-state index in [1.165, 1.54) is 12.1 Å². The second-order valence-corrected chi connectivity index (χ2v) is 7.96. The minimum atomic E-state index is -3.68. The maximum atomic E-state index is 12.5. The molecular weight excluding hydrogens is 346 g/mol. The Hall–Kier alpha value is -2.46. The second kappa shape index (κ2) is 5.81. The standard InChI is InChI=1S/C15H17N5O4S/c1-9-18-19-14-4-10(7-20(9)14)6-16-25(22,23)11-2-3-13-12(5-11)17-15(21)8-24-13/h2-3,5,10,16H,4,6-8H2,1H3,(H,17,21). The summed E-state index contributed by atoms with van der Waals surface area (Å²) in [6.07, 6.45) is 0.692. The van der Waals surface area contributed by atoms with E-state index >= 15 is 0 Å². The van der Waals surface area contributed by atoms with E-state index in [2.05, 4.69) is 20.2 Å². The molecule has 0 aliphatic carbocycles. The lowest BCUT2D eigenvalue weighted by Gasteiger charge is -2.19. The zero-order valence-electron chi connectivity index (χ0n) is 13.5. The molecule has 1 amide bonds. The van der Waals surface area contributed by atoms with Crippen LogP contribution in [-0.2, 0) is 27.8 Å². The number of nitrogens with zero attached hydrogens (tertiary/aromatic N) is 3. The second-order valence-electron chi connectivity index (χ2n) is 6.19. The van der Waals surface area contributed by atoms with Gasteiger partial charge in [-0.2, -0.15) is 0 Å². The van der Waals surface area contributed by atoms with Crippen LogP contribution in [0.1, 0.15) is 11.6 Å². The molecular formula is C15H17N5O4S. The van der Waals surface area contributed by atoms with Crippen molar-refractivity contribution in [3.8, 4) is 5.75 Å². The van der Waals surface area contributed by atoms with Gasteiger partial charge in [0.25, 0.3) is 5.91 Å². The summed E-state index contributed by atoms with van der Waals surface area (Å²) in [4.78, 5) is 11.5. The third-order valence-corrected chi connectivity index (χ3v) is 5.80. The average Bonchev–Trinajstić information content (AvgIpc) is 3.14. The molecule has 1 unspecified atom stereocenters. The fraction of sp³-hybridized carbons (Fsp3) is 0.400. The number of anilines is 1. The molecule has 1 aromatic carbocycles. The number of aryl methyl sites for hydroxylation is 1. The van der Waals surface area contributed by atoms with Crippen molar-refractivity contribution in [2.75, 3.05) is 18.5 Å². The van der Waals surface area contributed by atoms with Crippen LogP contribution in [-0.4, -0.2) is 42.2 Å².